The standard InChI is InChI=1S/C32H39N3O5/c1-39-24-16-13-22(29(18-24)40-2)19-34(23-14-15-23)28(20-35-30(36)25-10-4-5-11-26(25)31(35)37)32(38)33-17-7-9-21-8-3-6-12-27(21)33/h4-5,10-11,13,16,18,21,23,27-28H,3,6-9,12,14-15,17,19-20H2,1-2H3/t21-,27+,28-/m1/s1. The van der Waals surface area contributed by atoms with Crippen LogP contribution in [0.3, 0.4) is 0 Å². The third kappa shape index (κ3) is 4.98. The van der Waals surface area contributed by atoms with Gasteiger partial charge in [-0.2, -0.15) is 0 Å². The van der Waals surface area contributed by atoms with Gasteiger partial charge in [-0.1, -0.05) is 31.0 Å². The summed E-state index contributed by atoms with van der Waals surface area (Å²) in [6.07, 6.45) is 8.72. The Labute approximate surface area is 236 Å². The predicted octanol–water partition coefficient (Wildman–Crippen LogP) is 4.51. The first-order chi connectivity index (χ1) is 19.5. The van der Waals surface area contributed by atoms with Crippen molar-refractivity contribution in [3.63, 3.8) is 0 Å². The maximum Gasteiger partial charge on any atom is 0.261 e. The lowest BCUT2D eigenvalue weighted by Gasteiger charge is -2.46. The summed E-state index contributed by atoms with van der Waals surface area (Å²) in [7, 11) is 3.26. The first kappa shape index (κ1) is 26.8. The highest BCUT2D eigenvalue weighted by Crippen LogP contribution is 2.38. The minimum atomic E-state index is -0.623. The van der Waals surface area contributed by atoms with Crippen molar-refractivity contribution < 1.29 is 23.9 Å². The summed E-state index contributed by atoms with van der Waals surface area (Å²) < 4.78 is 11.1. The number of imide groups is 1. The number of carbonyl (C=O) groups is 3. The number of likely N-dealkylation sites (tertiary alicyclic amines) is 1. The van der Waals surface area contributed by atoms with Crippen LogP contribution in [0.4, 0.5) is 0 Å². The van der Waals surface area contributed by atoms with Gasteiger partial charge < -0.3 is 14.4 Å². The van der Waals surface area contributed by atoms with Crippen LogP contribution in [0.2, 0.25) is 0 Å². The quantitative estimate of drug-likeness (QED) is 0.432. The van der Waals surface area contributed by atoms with E-state index in [9.17, 15) is 14.4 Å². The number of benzene rings is 2. The van der Waals surface area contributed by atoms with E-state index in [1.165, 1.54) is 24.2 Å². The molecule has 2 aliphatic carbocycles. The fourth-order valence-corrected chi connectivity index (χ4v) is 7.07. The third-order valence-electron chi connectivity index (χ3n) is 9.31. The molecule has 3 amide bonds. The number of nitrogens with zero attached hydrogens (tertiary/aromatic N) is 3. The molecule has 0 radical (unpaired) electrons. The fraction of sp³-hybridized carbons (Fsp3) is 0.531. The van der Waals surface area contributed by atoms with Crippen LogP contribution in [-0.4, -0.2) is 77.9 Å². The Kier molecular flexibility index (Phi) is 7.53. The third-order valence-corrected chi connectivity index (χ3v) is 9.31. The van der Waals surface area contributed by atoms with Crippen molar-refractivity contribution in [3.05, 3.63) is 59.2 Å². The van der Waals surface area contributed by atoms with E-state index < -0.39 is 6.04 Å². The van der Waals surface area contributed by atoms with Gasteiger partial charge in [-0.3, -0.25) is 24.2 Å². The number of methoxy groups -OCH3 is 2. The molecule has 212 valence electrons. The van der Waals surface area contributed by atoms with Crippen molar-refractivity contribution in [3.8, 4) is 11.5 Å². The molecule has 8 nitrogen and oxygen atoms in total. The normalized spacial score (nSPS) is 23.2. The summed E-state index contributed by atoms with van der Waals surface area (Å²) in [5.41, 5.74) is 1.78. The number of amides is 3. The van der Waals surface area contributed by atoms with Crippen LogP contribution in [0.15, 0.2) is 42.5 Å². The molecule has 2 heterocycles. The van der Waals surface area contributed by atoms with Gasteiger partial charge in [-0.15, -0.1) is 0 Å². The van der Waals surface area contributed by atoms with Crippen molar-refractivity contribution in [1.82, 2.24) is 14.7 Å². The highest BCUT2D eigenvalue weighted by Gasteiger charge is 2.46. The summed E-state index contributed by atoms with van der Waals surface area (Å²) in [6, 6.07) is 12.5. The van der Waals surface area contributed by atoms with E-state index in [4.69, 9.17) is 9.47 Å². The Hall–Kier alpha value is -3.39. The van der Waals surface area contributed by atoms with Crippen molar-refractivity contribution in [2.45, 2.75) is 76.0 Å². The Balaban J connectivity index is 1.35. The van der Waals surface area contributed by atoms with Gasteiger partial charge in [-0.05, 0) is 62.6 Å². The molecule has 6 rings (SSSR count). The van der Waals surface area contributed by atoms with Gasteiger partial charge in [0.05, 0.1) is 31.9 Å². The van der Waals surface area contributed by atoms with Crippen LogP contribution >= 0.6 is 0 Å². The molecule has 2 saturated carbocycles. The molecule has 8 heteroatoms. The van der Waals surface area contributed by atoms with Gasteiger partial charge in [0.1, 0.15) is 17.5 Å². The fourth-order valence-electron chi connectivity index (χ4n) is 7.07. The van der Waals surface area contributed by atoms with Crippen LogP contribution in [0.1, 0.15) is 77.6 Å². The number of hydrogen-bond donors (Lipinski definition) is 0. The van der Waals surface area contributed by atoms with Crippen LogP contribution in [0.25, 0.3) is 0 Å². The number of rotatable bonds is 9. The number of piperidine rings is 1. The number of carbonyl (C=O) groups excluding carboxylic acids is 3. The van der Waals surface area contributed by atoms with Gasteiger partial charge >= 0.3 is 0 Å². The maximum atomic E-state index is 14.6. The topological polar surface area (TPSA) is 79.4 Å². The first-order valence-corrected chi connectivity index (χ1v) is 14.7. The molecule has 2 aromatic carbocycles. The Bertz CT molecular complexity index is 1250. The van der Waals surface area contributed by atoms with E-state index in [0.29, 0.717) is 35.1 Å². The van der Waals surface area contributed by atoms with Gasteiger partial charge in [-0.25, -0.2) is 0 Å². The molecular weight excluding hydrogens is 506 g/mol. The van der Waals surface area contributed by atoms with Crippen molar-refractivity contribution >= 4 is 17.7 Å². The molecule has 2 aromatic rings. The van der Waals surface area contributed by atoms with E-state index in [0.717, 1.165) is 44.2 Å². The number of hydrogen-bond acceptors (Lipinski definition) is 6. The molecule has 3 fully saturated rings. The monoisotopic (exact) mass is 545 g/mol. The summed E-state index contributed by atoms with van der Waals surface area (Å²) in [5.74, 6) is 1.36. The van der Waals surface area contributed by atoms with Gasteiger partial charge in [0.2, 0.25) is 5.91 Å². The second-order valence-electron chi connectivity index (χ2n) is 11.6. The lowest BCUT2D eigenvalue weighted by Crippen LogP contribution is -2.59. The molecule has 4 aliphatic rings. The van der Waals surface area contributed by atoms with Gasteiger partial charge in [0, 0.05) is 36.8 Å². The lowest BCUT2D eigenvalue weighted by atomic mass is 9.78. The average Bonchev–Trinajstić information content (AvgIpc) is 3.82. The summed E-state index contributed by atoms with van der Waals surface area (Å²) in [6.45, 7) is 1.27. The second-order valence-corrected chi connectivity index (χ2v) is 11.6. The second kappa shape index (κ2) is 11.2. The molecular formula is C32H39N3O5. The zero-order chi connectivity index (χ0) is 27.8. The smallest absolute Gasteiger partial charge is 0.261 e. The van der Waals surface area contributed by atoms with E-state index in [1.807, 2.05) is 18.2 Å². The van der Waals surface area contributed by atoms with E-state index >= 15 is 0 Å². The van der Waals surface area contributed by atoms with Crippen LogP contribution in [0.5, 0.6) is 11.5 Å². The summed E-state index contributed by atoms with van der Waals surface area (Å²) >= 11 is 0. The highest BCUT2D eigenvalue weighted by molar-refractivity contribution is 6.21. The predicted molar refractivity (Wildman–Crippen MR) is 150 cm³/mol. The molecule has 0 spiro atoms. The van der Waals surface area contributed by atoms with Crippen LogP contribution in [0, 0.1) is 5.92 Å². The maximum absolute atomic E-state index is 14.6. The molecule has 3 atom stereocenters. The number of ether oxygens (including phenoxy) is 2. The van der Waals surface area contributed by atoms with E-state index in [1.54, 1.807) is 38.5 Å². The van der Waals surface area contributed by atoms with Crippen molar-refractivity contribution in [2.75, 3.05) is 27.3 Å². The van der Waals surface area contributed by atoms with Gasteiger partial charge in [0.25, 0.3) is 11.8 Å². The van der Waals surface area contributed by atoms with E-state index in [-0.39, 0.29) is 36.3 Å². The van der Waals surface area contributed by atoms with E-state index in [2.05, 4.69) is 9.80 Å². The molecule has 1 saturated heterocycles. The largest absolute Gasteiger partial charge is 0.497 e. The van der Waals surface area contributed by atoms with Crippen molar-refractivity contribution in [2.24, 2.45) is 5.92 Å². The zero-order valence-corrected chi connectivity index (χ0v) is 23.5. The van der Waals surface area contributed by atoms with Crippen LogP contribution in [-0.2, 0) is 11.3 Å². The minimum Gasteiger partial charge on any atom is -0.497 e. The van der Waals surface area contributed by atoms with Crippen molar-refractivity contribution in [1.29, 1.82) is 0 Å². The SMILES string of the molecule is COc1ccc(CN(C2CC2)[C@H](CN2C(=O)c3ccccc3C2=O)C(=O)N2CCC[C@H]3CCCC[C@@H]32)c(OC)c1. The Morgan fingerprint density at radius 1 is 0.925 bits per heavy atom. The zero-order valence-electron chi connectivity index (χ0n) is 23.5. The molecule has 40 heavy (non-hydrogen) atoms. The Morgan fingerprint density at radius 2 is 1.62 bits per heavy atom. The average molecular weight is 546 g/mol. The highest BCUT2D eigenvalue weighted by atomic mass is 16.5. The first-order valence-electron chi connectivity index (χ1n) is 14.7. The molecule has 2 aliphatic heterocycles. The molecule has 0 aromatic heterocycles. The molecule has 0 unspecified atom stereocenters. The summed E-state index contributed by atoms with van der Waals surface area (Å²) in [5, 5.41) is 0. The Morgan fingerprint density at radius 3 is 2.30 bits per heavy atom. The summed E-state index contributed by atoms with van der Waals surface area (Å²) in [4.78, 5) is 47.1. The minimum absolute atomic E-state index is 0.0486. The van der Waals surface area contributed by atoms with Gasteiger partial charge in [0.15, 0.2) is 0 Å². The lowest BCUT2D eigenvalue weighted by molar-refractivity contribution is -0.144. The van der Waals surface area contributed by atoms with Crippen LogP contribution < -0.4 is 9.47 Å². The molecule has 0 bridgehead atoms. The number of fused-ring (bicyclic) bond motifs is 2. The molecule has 0 N–H and O–H groups in total.